The van der Waals surface area contributed by atoms with E-state index in [-0.39, 0.29) is 19.8 Å². The van der Waals surface area contributed by atoms with E-state index in [0.717, 1.165) is 5.56 Å². The number of aliphatic hydroxyl groups is 1. The Bertz CT molecular complexity index is 664. The molecule has 1 fully saturated rings. The molecule has 1 N–H and O–H groups in total. The van der Waals surface area contributed by atoms with E-state index >= 15 is 0 Å². The topological polar surface area (TPSA) is 123 Å². The molecule has 1 saturated heterocycles. The van der Waals surface area contributed by atoms with Gasteiger partial charge in [-0.15, -0.1) is 6.58 Å². The molecule has 27 heavy (non-hydrogen) atoms. The summed E-state index contributed by atoms with van der Waals surface area (Å²) in [5.41, 5.74) is 9.75. The summed E-state index contributed by atoms with van der Waals surface area (Å²) in [5, 5.41) is 13.9. The molecule has 0 bridgehead atoms. The first-order valence-corrected chi connectivity index (χ1v) is 8.46. The maximum Gasteiger partial charge on any atom is 0.302 e. The second-order valence-electron chi connectivity index (χ2n) is 5.91. The van der Waals surface area contributed by atoms with Crippen molar-refractivity contribution in [1.82, 2.24) is 0 Å². The van der Waals surface area contributed by atoms with Gasteiger partial charge < -0.3 is 24.1 Å². The summed E-state index contributed by atoms with van der Waals surface area (Å²) in [4.78, 5) is 13.9. The average Bonchev–Trinajstić information content (AvgIpc) is 2.66. The number of ether oxygens (including phenoxy) is 4. The van der Waals surface area contributed by atoms with Crippen LogP contribution >= 0.6 is 0 Å². The summed E-state index contributed by atoms with van der Waals surface area (Å²) < 4.78 is 22.2. The second kappa shape index (κ2) is 10.7. The highest BCUT2D eigenvalue weighted by molar-refractivity contribution is 5.65. The highest BCUT2D eigenvalue weighted by Gasteiger charge is 2.47. The average molecular weight is 377 g/mol. The smallest absolute Gasteiger partial charge is 0.302 e. The van der Waals surface area contributed by atoms with Crippen molar-refractivity contribution in [3.05, 3.63) is 59.0 Å². The van der Waals surface area contributed by atoms with Gasteiger partial charge in [-0.25, -0.2) is 0 Å². The molecular weight excluding hydrogens is 354 g/mol. The molecule has 1 unspecified atom stereocenters. The van der Waals surface area contributed by atoms with Crippen LogP contribution in [0.2, 0.25) is 0 Å². The van der Waals surface area contributed by atoms with E-state index in [1.807, 2.05) is 30.3 Å². The summed E-state index contributed by atoms with van der Waals surface area (Å²) >= 11 is 0. The zero-order valence-corrected chi connectivity index (χ0v) is 15.0. The number of esters is 1. The Labute approximate surface area is 157 Å². The highest BCUT2D eigenvalue weighted by atomic mass is 16.7. The van der Waals surface area contributed by atoms with Crippen molar-refractivity contribution in [2.75, 3.05) is 13.2 Å². The molecule has 0 aromatic heterocycles. The lowest BCUT2D eigenvalue weighted by molar-refractivity contribution is -0.267. The Morgan fingerprint density at radius 2 is 2.11 bits per heavy atom. The van der Waals surface area contributed by atoms with E-state index in [1.165, 1.54) is 6.92 Å². The summed E-state index contributed by atoms with van der Waals surface area (Å²) in [6, 6.07) is 8.37. The molecule has 5 atom stereocenters. The van der Waals surface area contributed by atoms with Gasteiger partial charge in [0, 0.05) is 11.8 Å². The maximum absolute atomic E-state index is 11.2. The quantitative estimate of drug-likeness (QED) is 0.231. The summed E-state index contributed by atoms with van der Waals surface area (Å²) in [5.74, 6) is -0.491. The van der Waals surface area contributed by atoms with Gasteiger partial charge in [-0.3, -0.25) is 4.79 Å². The van der Waals surface area contributed by atoms with E-state index in [9.17, 15) is 9.90 Å². The van der Waals surface area contributed by atoms with Crippen LogP contribution in [0.1, 0.15) is 12.5 Å². The summed E-state index contributed by atoms with van der Waals surface area (Å²) in [7, 11) is 0. The van der Waals surface area contributed by atoms with Crippen LogP contribution in [-0.2, 0) is 30.3 Å². The minimum absolute atomic E-state index is 0.137. The zero-order chi connectivity index (χ0) is 19.6. The van der Waals surface area contributed by atoms with Gasteiger partial charge in [0.2, 0.25) is 0 Å². The van der Waals surface area contributed by atoms with Gasteiger partial charge in [-0.2, -0.15) is 0 Å². The number of aliphatic hydroxyl groups excluding tert-OH is 1. The third-order valence-electron chi connectivity index (χ3n) is 3.96. The Hall–Kier alpha value is -2.42. The first kappa shape index (κ1) is 20.9. The maximum atomic E-state index is 11.2. The highest BCUT2D eigenvalue weighted by Crippen LogP contribution is 2.28. The second-order valence-corrected chi connectivity index (χ2v) is 5.91. The molecule has 1 aromatic rings. The van der Waals surface area contributed by atoms with Gasteiger partial charge in [-0.1, -0.05) is 41.5 Å². The van der Waals surface area contributed by atoms with Crippen LogP contribution in [0.25, 0.3) is 10.4 Å². The molecule has 0 saturated carbocycles. The Balaban J connectivity index is 2.23. The van der Waals surface area contributed by atoms with Crippen LogP contribution in [0, 0.1) is 0 Å². The number of benzene rings is 1. The molecule has 1 aliphatic rings. The van der Waals surface area contributed by atoms with E-state index in [0.29, 0.717) is 0 Å². The molecular formula is C18H23N3O6. The van der Waals surface area contributed by atoms with Crippen molar-refractivity contribution in [3.8, 4) is 0 Å². The number of rotatable bonds is 9. The molecule has 1 aromatic carbocycles. The van der Waals surface area contributed by atoms with Crippen molar-refractivity contribution >= 4 is 5.97 Å². The van der Waals surface area contributed by atoms with Crippen LogP contribution in [0.3, 0.4) is 0 Å². The number of nitrogens with zero attached hydrogens (tertiary/aromatic N) is 3. The zero-order valence-electron chi connectivity index (χ0n) is 15.0. The summed E-state index contributed by atoms with van der Waals surface area (Å²) in [6.45, 7) is 5.13. The van der Waals surface area contributed by atoms with Crippen LogP contribution < -0.4 is 0 Å². The van der Waals surface area contributed by atoms with E-state index in [1.54, 1.807) is 6.08 Å². The Morgan fingerprint density at radius 3 is 2.74 bits per heavy atom. The first-order valence-electron chi connectivity index (χ1n) is 8.46. The van der Waals surface area contributed by atoms with E-state index in [4.69, 9.17) is 24.5 Å². The van der Waals surface area contributed by atoms with Gasteiger partial charge in [-0.05, 0) is 11.1 Å². The monoisotopic (exact) mass is 377 g/mol. The number of hydrogen-bond donors (Lipinski definition) is 1. The fourth-order valence-corrected chi connectivity index (χ4v) is 2.76. The SMILES string of the molecule is C=CCO[C@H]1[C@H](OCc2ccccc2)[C@@H](N=[N+]=[N-])C(O)O[C@@H]1COC(C)=O. The van der Waals surface area contributed by atoms with Crippen LogP contribution in [0.15, 0.2) is 48.1 Å². The molecule has 2 rings (SSSR count). The van der Waals surface area contributed by atoms with Crippen molar-refractivity contribution < 1.29 is 28.8 Å². The molecule has 0 radical (unpaired) electrons. The molecule has 1 heterocycles. The minimum atomic E-state index is -1.43. The van der Waals surface area contributed by atoms with Gasteiger partial charge in [0.1, 0.15) is 31.0 Å². The first-order chi connectivity index (χ1) is 13.1. The van der Waals surface area contributed by atoms with Crippen LogP contribution in [0.4, 0.5) is 0 Å². The third kappa shape index (κ3) is 6.06. The van der Waals surface area contributed by atoms with Gasteiger partial charge in [0.05, 0.1) is 13.2 Å². The van der Waals surface area contributed by atoms with Gasteiger partial charge in [0.15, 0.2) is 6.29 Å². The Morgan fingerprint density at radius 1 is 1.37 bits per heavy atom. The largest absolute Gasteiger partial charge is 0.463 e. The number of hydrogen-bond acceptors (Lipinski definition) is 7. The minimum Gasteiger partial charge on any atom is -0.463 e. The molecule has 0 amide bonds. The predicted molar refractivity (Wildman–Crippen MR) is 95.4 cm³/mol. The van der Waals surface area contributed by atoms with Gasteiger partial charge >= 0.3 is 5.97 Å². The van der Waals surface area contributed by atoms with E-state index < -0.39 is 36.6 Å². The van der Waals surface area contributed by atoms with Crippen molar-refractivity contribution in [3.63, 3.8) is 0 Å². The standard InChI is InChI=1S/C18H23N3O6/c1-3-9-24-16-14(11-25-12(2)22)27-18(23)15(20-21-19)17(16)26-10-13-7-5-4-6-8-13/h3-8,14-18,23H,1,9-11H2,2H3/t14-,15-,16-,17-,18?/m1/s1. The molecule has 9 heteroatoms. The number of azide groups is 1. The van der Waals surface area contributed by atoms with Crippen LogP contribution in [-0.4, -0.2) is 54.9 Å². The fourth-order valence-electron chi connectivity index (χ4n) is 2.76. The molecule has 1 aliphatic heterocycles. The van der Waals surface area contributed by atoms with Crippen LogP contribution in [0.5, 0.6) is 0 Å². The molecule has 0 spiro atoms. The van der Waals surface area contributed by atoms with Crippen molar-refractivity contribution in [2.45, 2.75) is 44.2 Å². The van der Waals surface area contributed by atoms with Crippen molar-refractivity contribution in [2.24, 2.45) is 5.11 Å². The Kier molecular flexibility index (Phi) is 8.25. The normalized spacial score (nSPS) is 27.4. The number of carbonyl (C=O) groups is 1. The van der Waals surface area contributed by atoms with E-state index in [2.05, 4.69) is 16.6 Å². The lowest BCUT2D eigenvalue weighted by atomic mass is 9.97. The van der Waals surface area contributed by atoms with Gasteiger partial charge in [0.25, 0.3) is 0 Å². The lowest BCUT2D eigenvalue weighted by Gasteiger charge is -2.42. The molecule has 0 aliphatic carbocycles. The van der Waals surface area contributed by atoms with Crippen molar-refractivity contribution in [1.29, 1.82) is 0 Å². The molecule has 9 nitrogen and oxygen atoms in total. The predicted octanol–water partition coefficient (Wildman–Crippen LogP) is 2.10. The molecule has 146 valence electrons. The third-order valence-corrected chi connectivity index (χ3v) is 3.96. The lowest BCUT2D eigenvalue weighted by Crippen LogP contribution is -2.59. The number of carbonyl (C=O) groups excluding carboxylic acids is 1. The fraction of sp³-hybridized carbons (Fsp3) is 0.500. The summed E-state index contributed by atoms with van der Waals surface area (Å²) in [6.07, 6.45) is -2.24.